The third kappa shape index (κ3) is 3.91. The van der Waals surface area contributed by atoms with Crippen LogP contribution in [-0.2, 0) is 20.8 Å². The van der Waals surface area contributed by atoms with Gasteiger partial charge in [-0.15, -0.1) is 0 Å². The molecule has 4 heterocycles. The van der Waals surface area contributed by atoms with E-state index in [4.69, 9.17) is 13.9 Å². The smallest absolute Gasteiger partial charge is 0.225 e. The normalized spacial score (nSPS) is 30.4. The summed E-state index contributed by atoms with van der Waals surface area (Å²) >= 11 is 0. The van der Waals surface area contributed by atoms with E-state index in [9.17, 15) is 4.79 Å². The second kappa shape index (κ2) is 7.48. The minimum Gasteiger partial charge on any atom is -0.465 e. The topological polar surface area (TPSA) is 55.2 Å². The maximum Gasteiger partial charge on any atom is 0.225 e. The van der Waals surface area contributed by atoms with Gasteiger partial charge in [-0.25, -0.2) is 0 Å². The summed E-state index contributed by atoms with van der Waals surface area (Å²) in [4.78, 5) is 16.9. The van der Waals surface area contributed by atoms with E-state index in [1.807, 2.05) is 17.9 Å². The molecule has 3 aliphatic rings. The Morgan fingerprint density at radius 2 is 2.08 bits per heavy atom. The zero-order valence-corrected chi connectivity index (χ0v) is 15.0. The van der Waals surface area contributed by atoms with Crippen LogP contribution in [0.4, 0.5) is 0 Å². The van der Waals surface area contributed by atoms with Crippen molar-refractivity contribution in [3.63, 3.8) is 0 Å². The van der Waals surface area contributed by atoms with Crippen LogP contribution in [0.2, 0.25) is 0 Å². The Balaban J connectivity index is 1.29. The third-order valence-corrected chi connectivity index (χ3v) is 5.79. The average Bonchev–Trinajstić information content (AvgIpc) is 3.22. The van der Waals surface area contributed by atoms with E-state index in [0.717, 1.165) is 57.3 Å². The molecule has 0 saturated carbocycles. The summed E-state index contributed by atoms with van der Waals surface area (Å²) in [5.74, 6) is 3.28. The molecule has 25 heavy (non-hydrogen) atoms. The van der Waals surface area contributed by atoms with Crippen molar-refractivity contribution < 1.29 is 18.7 Å². The van der Waals surface area contributed by atoms with Crippen LogP contribution in [0.5, 0.6) is 0 Å². The highest BCUT2D eigenvalue weighted by atomic mass is 16.5. The monoisotopic (exact) mass is 348 g/mol. The number of amides is 1. The second-order valence-electron chi connectivity index (χ2n) is 7.53. The molecule has 0 bridgehead atoms. The Morgan fingerprint density at radius 1 is 1.24 bits per heavy atom. The lowest BCUT2D eigenvalue weighted by molar-refractivity contribution is -0.138. The van der Waals surface area contributed by atoms with Gasteiger partial charge in [-0.3, -0.25) is 9.69 Å². The van der Waals surface area contributed by atoms with Gasteiger partial charge in [-0.2, -0.15) is 0 Å². The van der Waals surface area contributed by atoms with Crippen molar-refractivity contribution >= 4 is 5.91 Å². The quantitative estimate of drug-likeness (QED) is 0.829. The molecule has 3 atom stereocenters. The predicted molar refractivity (Wildman–Crippen MR) is 92.1 cm³/mol. The highest BCUT2D eigenvalue weighted by molar-refractivity contribution is 5.76. The van der Waals surface area contributed by atoms with Gasteiger partial charge in [0.25, 0.3) is 0 Å². The molecule has 0 aliphatic carbocycles. The van der Waals surface area contributed by atoms with Gasteiger partial charge in [0.1, 0.15) is 11.5 Å². The van der Waals surface area contributed by atoms with E-state index < -0.39 is 0 Å². The zero-order valence-electron chi connectivity index (χ0n) is 15.0. The molecule has 0 unspecified atom stereocenters. The molecular formula is C19H28N2O4. The largest absolute Gasteiger partial charge is 0.465 e. The lowest BCUT2D eigenvalue weighted by Crippen LogP contribution is -2.44. The molecule has 138 valence electrons. The van der Waals surface area contributed by atoms with Gasteiger partial charge < -0.3 is 18.8 Å². The zero-order chi connectivity index (χ0) is 17.2. The van der Waals surface area contributed by atoms with Gasteiger partial charge in [0.15, 0.2) is 0 Å². The number of piperidine rings is 1. The van der Waals surface area contributed by atoms with Gasteiger partial charge in [-0.05, 0) is 37.9 Å². The number of nitrogens with zero attached hydrogens (tertiary/aromatic N) is 2. The van der Waals surface area contributed by atoms with Crippen LogP contribution in [0.3, 0.4) is 0 Å². The lowest BCUT2D eigenvalue weighted by atomic mass is 9.83. The first-order valence-corrected chi connectivity index (χ1v) is 9.44. The highest BCUT2D eigenvalue weighted by Crippen LogP contribution is 2.36. The number of likely N-dealkylation sites (tertiary alicyclic amines) is 1. The summed E-state index contributed by atoms with van der Waals surface area (Å²) < 4.78 is 17.1. The summed E-state index contributed by atoms with van der Waals surface area (Å²) in [6.07, 6.45) is 1.72. The van der Waals surface area contributed by atoms with Crippen LogP contribution >= 0.6 is 0 Å². The number of carbonyl (C=O) groups excluding carboxylic acids is 1. The fourth-order valence-electron chi connectivity index (χ4n) is 4.42. The number of fused-ring (bicyclic) bond motifs is 1. The van der Waals surface area contributed by atoms with E-state index in [-0.39, 0.29) is 12.0 Å². The maximum absolute atomic E-state index is 12.5. The SMILES string of the molecule is Cc1ccc(CN2CC[C@@H]3[C@@H](CO[C@@H]3CC(=O)N3CCOCC3)C2)o1. The van der Waals surface area contributed by atoms with E-state index in [1.165, 1.54) is 0 Å². The van der Waals surface area contributed by atoms with E-state index in [2.05, 4.69) is 11.0 Å². The van der Waals surface area contributed by atoms with Gasteiger partial charge in [0, 0.05) is 25.6 Å². The molecule has 0 spiro atoms. The average molecular weight is 348 g/mol. The summed E-state index contributed by atoms with van der Waals surface area (Å²) in [6.45, 7) is 8.46. The summed E-state index contributed by atoms with van der Waals surface area (Å²) in [5.41, 5.74) is 0. The fourth-order valence-corrected chi connectivity index (χ4v) is 4.42. The van der Waals surface area contributed by atoms with Crippen molar-refractivity contribution in [2.45, 2.75) is 32.4 Å². The van der Waals surface area contributed by atoms with Crippen molar-refractivity contribution in [3.05, 3.63) is 23.7 Å². The van der Waals surface area contributed by atoms with Crippen molar-refractivity contribution in [2.75, 3.05) is 46.0 Å². The molecule has 1 aromatic rings. The van der Waals surface area contributed by atoms with Crippen molar-refractivity contribution in [1.82, 2.24) is 9.80 Å². The molecular weight excluding hydrogens is 320 g/mol. The first-order chi connectivity index (χ1) is 12.2. The molecule has 3 aliphatic heterocycles. The molecule has 3 fully saturated rings. The first kappa shape index (κ1) is 17.1. The molecule has 0 aromatic carbocycles. The predicted octanol–water partition coefficient (Wildman–Crippen LogP) is 1.67. The molecule has 3 saturated heterocycles. The van der Waals surface area contributed by atoms with Gasteiger partial charge in [0.05, 0.1) is 38.9 Å². The Morgan fingerprint density at radius 3 is 2.84 bits per heavy atom. The van der Waals surface area contributed by atoms with Crippen LogP contribution in [0.15, 0.2) is 16.5 Å². The van der Waals surface area contributed by atoms with Crippen molar-refractivity contribution in [2.24, 2.45) is 11.8 Å². The van der Waals surface area contributed by atoms with E-state index in [1.54, 1.807) is 0 Å². The minimum absolute atomic E-state index is 0.0911. The second-order valence-corrected chi connectivity index (χ2v) is 7.53. The van der Waals surface area contributed by atoms with E-state index in [0.29, 0.717) is 31.5 Å². The third-order valence-electron chi connectivity index (χ3n) is 5.79. The van der Waals surface area contributed by atoms with Crippen LogP contribution in [0.25, 0.3) is 0 Å². The number of hydrogen-bond acceptors (Lipinski definition) is 5. The molecule has 0 N–H and O–H groups in total. The highest BCUT2D eigenvalue weighted by Gasteiger charge is 2.42. The molecule has 1 aromatic heterocycles. The number of furan rings is 1. The van der Waals surface area contributed by atoms with Crippen LogP contribution in [0, 0.1) is 18.8 Å². The molecule has 6 heteroatoms. The van der Waals surface area contributed by atoms with Crippen LogP contribution in [-0.4, -0.2) is 67.8 Å². The number of hydrogen-bond donors (Lipinski definition) is 0. The molecule has 4 rings (SSSR count). The number of morpholine rings is 1. The van der Waals surface area contributed by atoms with Gasteiger partial charge in [0.2, 0.25) is 5.91 Å². The van der Waals surface area contributed by atoms with Crippen LogP contribution in [0.1, 0.15) is 24.4 Å². The summed E-state index contributed by atoms with van der Waals surface area (Å²) in [5, 5.41) is 0. The first-order valence-electron chi connectivity index (χ1n) is 9.44. The lowest BCUT2D eigenvalue weighted by Gasteiger charge is -2.35. The van der Waals surface area contributed by atoms with E-state index >= 15 is 0 Å². The number of rotatable bonds is 4. The molecule has 0 radical (unpaired) electrons. The summed E-state index contributed by atoms with van der Waals surface area (Å²) in [6, 6.07) is 4.09. The Labute approximate surface area is 149 Å². The molecule has 1 amide bonds. The van der Waals surface area contributed by atoms with Gasteiger partial charge >= 0.3 is 0 Å². The number of aryl methyl sites for hydroxylation is 1. The Hall–Kier alpha value is -1.37. The van der Waals surface area contributed by atoms with Crippen LogP contribution < -0.4 is 0 Å². The maximum atomic E-state index is 12.5. The summed E-state index contributed by atoms with van der Waals surface area (Å²) in [7, 11) is 0. The Kier molecular flexibility index (Phi) is 5.10. The van der Waals surface area contributed by atoms with Crippen molar-refractivity contribution in [3.8, 4) is 0 Å². The Bertz CT molecular complexity index is 596. The fraction of sp³-hybridized carbons (Fsp3) is 0.737. The minimum atomic E-state index is 0.0911. The molecule has 6 nitrogen and oxygen atoms in total. The standard InChI is InChI=1S/C19H28N2O4/c1-14-2-3-16(25-14)12-20-5-4-17-15(11-20)13-24-18(17)10-19(22)21-6-8-23-9-7-21/h2-3,15,17-18H,4-13H2,1H3/t15-,17-,18-/m1/s1. The van der Waals surface area contributed by atoms with Crippen molar-refractivity contribution in [1.29, 1.82) is 0 Å². The number of carbonyl (C=O) groups is 1. The number of ether oxygens (including phenoxy) is 2. The van der Waals surface area contributed by atoms with Gasteiger partial charge in [-0.1, -0.05) is 0 Å².